The van der Waals surface area contributed by atoms with Gasteiger partial charge in [-0.15, -0.1) is 11.3 Å². The lowest BCUT2D eigenvalue weighted by Crippen LogP contribution is -2.29. The molecule has 164 valence electrons. The standard InChI is InChI=1S/C24H24N4O3S/c1-14-4-5-15-12-19(27-18(15)11-14)24(31)28-9-6-16(13-28)20-17-3-2-7-26-23(17)32-21(20)22(30)25-8-10-29/h2-5,7,11-12,16,27,29H,6,8-10,13H2,1H3,(H,25,30). The van der Waals surface area contributed by atoms with Crippen LogP contribution < -0.4 is 5.32 Å². The van der Waals surface area contributed by atoms with Crippen LogP contribution in [0.3, 0.4) is 0 Å². The number of fused-ring (bicyclic) bond motifs is 2. The predicted molar refractivity (Wildman–Crippen MR) is 125 cm³/mol. The average Bonchev–Trinajstić information content (AvgIpc) is 3.52. The third-order valence-electron chi connectivity index (χ3n) is 6.00. The Balaban J connectivity index is 1.43. The van der Waals surface area contributed by atoms with E-state index >= 15 is 0 Å². The van der Waals surface area contributed by atoms with Crippen LogP contribution in [0.4, 0.5) is 0 Å². The van der Waals surface area contributed by atoms with Gasteiger partial charge in [0.15, 0.2) is 0 Å². The van der Waals surface area contributed by atoms with Crippen molar-refractivity contribution in [2.75, 3.05) is 26.2 Å². The molecule has 0 spiro atoms. The largest absolute Gasteiger partial charge is 0.395 e. The molecule has 1 aliphatic rings. The molecule has 32 heavy (non-hydrogen) atoms. The number of aryl methyl sites for hydroxylation is 1. The maximum Gasteiger partial charge on any atom is 0.270 e. The van der Waals surface area contributed by atoms with Gasteiger partial charge in [0.25, 0.3) is 11.8 Å². The van der Waals surface area contributed by atoms with E-state index < -0.39 is 0 Å². The second kappa shape index (κ2) is 8.37. The lowest BCUT2D eigenvalue weighted by atomic mass is 9.95. The molecule has 1 unspecified atom stereocenters. The van der Waals surface area contributed by atoms with Crippen molar-refractivity contribution in [3.8, 4) is 0 Å². The van der Waals surface area contributed by atoms with E-state index in [9.17, 15) is 9.59 Å². The first-order valence-corrected chi connectivity index (χ1v) is 11.5. The summed E-state index contributed by atoms with van der Waals surface area (Å²) in [5, 5.41) is 13.8. The molecule has 8 heteroatoms. The zero-order valence-corrected chi connectivity index (χ0v) is 18.5. The van der Waals surface area contributed by atoms with Crippen LogP contribution in [0.5, 0.6) is 0 Å². The monoisotopic (exact) mass is 448 g/mol. The number of aliphatic hydroxyl groups excluding tert-OH is 1. The maximum atomic E-state index is 13.2. The summed E-state index contributed by atoms with van der Waals surface area (Å²) in [6, 6.07) is 11.9. The molecule has 0 saturated carbocycles. The van der Waals surface area contributed by atoms with Crippen molar-refractivity contribution < 1.29 is 14.7 Å². The first kappa shape index (κ1) is 20.7. The van der Waals surface area contributed by atoms with Gasteiger partial charge in [-0.3, -0.25) is 9.59 Å². The molecule has 4 heterocycles. The highest BCUT2D eigenvalue weighted by Crippen LogP contribution is 2.39. The third-order valence-corrected chi connectivity index (χ3v) is 7.13. The van der Waals surface area contributed by atoms with Crippen molar-refractivity contribution in [1.82, 2.24) is 20.2 Å². The van der Waals surface area contributed by atoms with Crippen LogP contribution in [0.15, 0.2) is 42.6 Å². The van der Waals surface area contributed by atoms with E-state index in [-0.39, 0.29) is 30.9 Å². The number of pyridine rings is 1. The molecule has 4 aromatic rings. The first-order valence-electron chi connectivity index (χ1n) is 10.7. The molecule has 7 nitrogen and oxygen atoms in total. The van der Waals surface area contributed by atoms with Gasteiger partial charge in [-0.2, -0.15) is 0 Å². The number of nitrogens with zero attached hydrogens (tertiary/aromatic N) is 2. The van der Waals surface area contributed by atoms with E-state index in [4.69, 9.17) is 5.11 Å². The number of hydrogen-bond acceptors (Lipinski definition) is 5. The topological polar surface area (TPSA) is 98.3 Å². The van der Waals surface area contributed by atoms with Crippen molar-refractivity contribution in [2.45, 2.75) is 19.3 Å². The molecule has 1 saturated heterocycles. The van der Waals surface area contributed by atoms with Crippen molar-refractivity contribution in [3.63, 3.8) is 0 Å². The normalized spacial score (nSPS) is 16.2. The lowest BCUT2D eigenvalue weighted by molar-refractivity contribution is 0.0786. The molecule has 1 aromatic carbocycles. The Morgan fingerprint density at radius 2 is 2.19 bits per heavy atom. The van der Waals surface area contributed by atoms with Crippen LogP contribution in [-0.2, 0) is 0 Å². The summed E-state index contributed by atoms with van der Waals surface area (Å²) in [6.07, 6.45) is 2.51. The Kier molecular flexibility index (Phi) is 5.40. The summed E-state index contributed by atoms with van der Waals surface area (Å²) in [6.45, 7) is 3.30. The minimum absolute atomic E-state index is 0.0229. The number of amides is 2. The molecule has 3 N–H and O–H groups in total. The van der Waals surface area contributed by atoms with Gasteiger partial charge in [-0.05, 0) is 42.7 Å². The average molecular weight is 449 g/mol. The second-order valence-electron chi connectivity index (χ2n) is 8.19. The van der Waals surface area contributed by atoms with Gasteiger partial charge in [0.05, 0.1) is 11.5 Å². The summed E-state index contributed by atoms with van der Waals surface area (Å²) in [7, 11) is 0. The van der Waals surface area contributed by atoms with Crippen LogP contribution in [0.2, 0.25) is 0 Å². The predicted octanol–water partition coefficient (Wildman–Crippen LogP) is 3.44. The molecule has 5 rings (SSSR count). The summed E-state index contributed by atoms with van der Waals surface area (Å²) >= 11 is 1.37. The maximum absolute atomic E-state index is 13.2. The van der Waals surface area contributed by atoms with E-state index in [1.165, 1.54) is 11.3 Å². The number of rotatable bonds is 5. The molecule has 0 bridgehead atoms. The van der Waals surface area contributed by atoms with Gasteiger partial charge in [0, 0.05) is 48.0 Å². The van der Waals surface area contributed by atoms with E-state index in [1.807, 2.05) is 48.2 Å². The highest BCUT2D eigenvalue weighted by atomic mass is 32.1. The second-order valence-corrected chi connectivity index (χ2v) is 9.19. The fourth-order valence-corrected chi connectivity index (χ4v) is 5.63. The van der Waals surface area contributed by atoms with E-state index in [0.717, 1.165) is 38.7 Å². The molecule has 0 aliphatic carbocycles. The summed E-state index contributed by atoms with van der Waals surface area (Å²) < 4.78 is 0. The Morgan fingerprint density at radius 1 is 1.31 bits per heavy atom. The molecule has 1 atom stereocenters. The number of aliphatic hydroxyl groups is 1. The number of benzene rings is 1. The Morgan fingerprint density at radius 3 is 3.03 bits per heavy atom. The minimum atomic E-state index is -0.201. The zero-order valence-electron chi connectivity index (χ0n) is 17.7. The molecule has 1 aliphatic heterocycles. The lowest BCUT2D eigenvalue weighted by Gasteiger charge is -2.16. The molecular weight excluding hydrogens is 424 g/mol. The number of nitrogens with one attached hydrogen (secondary N) is 2. The van der Waals surface area contributed by atoms with Crippen molar-refractivity contribution in [2.24, 2.45) is 0 Å². The molecule has 0 radical (unpaired) electrons. The molecular formula is C24H24N4O3S. The number of likely N-dealkylation sites (tertiary alicyclic amines) is 1. The van der Waals surface area contributed by atoms with Gasteiger partial charge < -0.3 is 20.3 Å². The highest BCUT2D eigenvalue weighted by Gasteiger charge is 2.33. The van der Waals surface area contributed by atoms with Crippen LogP contribution in [0.1, 0.15) is 43.6 Å². The first-order chi connectivity index (χ1) is 15.5. The summed E-state index contributed by atoms with van der Waals surface area (Å²) in [4.78, 5) is 37.0. The summed E-state index contributed by atoms with van der Waals surface area (Å²) in [5.74, 6) is -0.170. The van der Waals surface area contributed by atoms with Crippen molar-refractivity contribution >= 4 is 44.3 Å². The van der Waals surface area contributed by atoms with E-state index in [0.29, 0.717) is 23.7 Å². The van der Waals surface area contributed by atoms with Crippen LogP contribution in [0.25, 0.3) is 21.1 Å². The Bertz CT molecular complexity index is 1330. The van der Waals surface area contributed by atoms with Gasteiger partial charge in [0.1, 0.15) is 10.5 Å². The van der Waals surface area contributed by atoms with Crippen LogP contribution in [-0.4, -0.2) is 58.0 Å². The SMILES string of the molecule is Cc1ccc2cc(C(=O)N3CCC(c4c(C(=O)NCCO)sc5ncccc45)C3)[nH]c2c1. The number of carbonyl (C=O) groups excluding carboxylic acids is 2. The van der Waals surface area contributed by atoms with Gasteiger partial charge in [0.2, 0.25) is 0 Å². The van der Waals surface area contributed by atoms with Gasteiger partial charge in [-0.1, -0.05) is 18.2 Å². The Hall–Kier alpha value is -3.23. The summed E-state index contributed by atoms with van der Waals surface area (Å²) in [5.41, 5.74) is 3.64. The van der Waals surface area contributed by atoms with Crippen molar-refractivity contribution in [1.29, 1.82) is 0 Å². The number of aromatic nitrogens is 2. The highest BCUT2D eigenvalue weighted by molar-refractivity contribution is 7.20. The number of aromatic amines is 1. The van der Waals surface area contributed by atoms with Gasteiger partial charge >= 0.3 is 0 Å². The van der Waals surface area contributed by atoms with Gasteiger partial charge in [-0.25, -0.2) is 4.98 Å². The van der Waals surface area contributed by atoms with Crippen LogP contribution in [0, 0.1) is 6.92 Å². The van der Waals surface area contributed by atoms with Crippen molar-refractivity contribution in [3.05, 3.63) is 64.3 Å². The smallest absolute Gasteiger partial charge is 0.270 e. The number of hydrogen-bond donors (Lipinski definition) is 3. The van der Waals surface area contributed by atoms with E-state index in [1.54, 1.807) is 6.20 Å². The molecule has 3 aromatic heterocycles. The van der Waals surface area contributed by atoms with E-state index in [2.05, 4.69) is 15.3 Å². The number of thiophene rings is 1. The zero-order chi connectivity index (χ0) is 22.2. The third kappa shape index (κ3) is 3.65. The molecule has 1 fully saturated rings. The number of H-pyrrole nitrogens is 1. The number of carbonyl (C=O) groups is 2. The van der Waals surface area contributed by atoms with Crippen LogP contribution >= 0.6 is 11.3 Å². The minimum Gasteiger partial charge on any atom is -0.395 e. The quantitative estimate of drug-likeness (QED) is 0.436. The fourth-order valence-electron chi connectivity index (χ4n) is 4.48. The Labute approximate surface area is 189 Å². The molecule has 2 amide bonds. The fraction of sp³-hybridized carbons (Fsp3) is 0.292.